The van der Waals surface area contributed by atoms with Gasteiger partial charge in [0, 0.05) is 17.8 Å². The van der Waals surface area contributed by atoms with Gasteiger partial charge in [-0.25, -0.2) is 0 Å². The molecule has 0 radical (unpaired) electrons. The van der Waals surface area contributed by atoms with Crippen molar-refractivity contribution in [3.8, 4) is 17.0 Å². The second-order valence-corrected chi connectivity index (χ2v) is 4.99. The van der Waals surface area contributed by atoms with Crippen molar-refractivity contribution in [3.63, 3.8) is 0 Å². The molecule has 1 aliphatic carbocycles. The van der Waals surface area contributed by atoms with E-state index in [9.17, 15) is 0 Å². The fraction of sp³-hybridized carbons (Fsp3) is 0.312. The quantitative estimate of drug-likeness (QED) is 0.916. The van der Waals surface area contributed by atoms with E-state index >= 15 is 0 Å². The first-order chi connectivity index (χ1) is 9.33. The van der Waals surface area contributed by atoms with Gasteiger partial charge >= 0.3 is 0 Å². The molecule has 1 aliphatic rings. The fourth-order valence-electron chi connectivity index (χ4n) is 2.51. The summed E-state index contributed by atoms with van der Waals surface area (Å²) in [5, 5.41) is 0. The van der Waals surface area contributed by atoms with Crippen molar-refractivity contribution < 1.29 is 4.74 Å². The molecule has 0 aliphatic heterocycles. The second-order valence-electron chi connectivity index (χ2n) is 4.99. The summed E-state index contributed by atoms with van der Waals surface area (Å²) in [6.45, 7) is 0. The van der Waals surface area contributed by atoms with E-state index in [2.05, 4.69) is 4.98 Å². The Morgan fingerprint density at radius 2 is 1.89 bits per heavy atom. The van der Waals surface area contributed by atoms with E-state index in [0.717, 1.165) is 36.3 Å². The molecule has 19 heavy (non-hydrogen) atoms. The van der Waals surface area contributed by atoms with Crippen LogP contribution in [0.3, 0.4) is 0 Å². The number of aromatic nitrogens is 1. The van der Waals surface area contributed by atoms with E-state index in [1.54, 1.807) is 6.20 Å². The van der Waals surface area contributed by atoms with E-state index < -0.39 is 0 Å². The Bertz CT molecular complexity index is 524. The SMILES string of the molecule is NC1CCCC1Oc1ccc(-c2ccccn2)cc1. The number of pyridine rings is 1. The van der Waals surface area contributed by atoms with Crippen molar-refractivity contribution >= 4 is 0 Å². The molecule has 98 valence electrons. The minimum atomic E-state index is 0.167. The highest BCUT2D eigenvalue weighted by atomic mass is 16.5. The Morgan fingerprint density at radius 1 is 1.05 bits per heavy atom. The third kappa shape index (κ3) is 2.76. The predicted molar refractivity (Wildman–Crippen MR) is 75.9 cm³/mol. The summed E-state index contributed by atoms with van der Waals surface area (Å²) in [4.78, 5) is 4.33. The lowest BCUT2D eigenvalue weighted by molar-refractivity contribution is 0.192. The van der Waals surface area contributed by atoms with Crippen molar-refractivity contribution in [2.24, 2.45) is 5.73 Å². The summed E-state index contributed by atoms with van der Waals surface area (Å²) < 4.78 is 5.93. The van der Waals surface area contributed by atoms with E-state index in [-0.39, 0.29) is 12.1 Å². The number of hydrogen-bond acceptors (Lipinski definition) is 3. The van der Waals surface area contributed by atoms with Crippen LogP contribution in [-0.2, 0) is 0 Å². The summed E-state index contributed by atoms with van der Waals surface area (Å²) >= 11 is 0. The van der Waals surface area contributed by atoms with Gasteiger partial charge in [-0.05, 0) is 55.7 Å². The van der Waals surface area contributed by atoms with E-state index in [1.165, 1.54) is 0 Å². The fourth-order valence-corrected chi connectivity index (χ4v) is 2.51. The van der Waals surface area contributed by atoms with Crippen LogP contribution in [0.2, 0.25) is 0 Å². The number of ether oxygens (including phenoxy) is 1. The van der Waals surface area contributed by atoms with Gasteiger partial charge in [0.25, 0.3) is 0 Å². The predicted octanol–water partition coefficient (Wildman–Crippen LogP) is 3.01. The minimum Gasteiger partial charge on any atom is -0.489 e. The molecule has 0 amide bonds. The van der Waals surface area contributed by atoms with Gasteiger partial charge in [-0.15, -0.1) is 0 Å². The normalized spacial score (nSPS) is 22.4. The van der Waals surface area contributed by atoms with Crippen LogP contribution in [0.4, 0.5) is 0 Å². The van der Waals surface area contributed by atoms with Crippen molar-refractivity contribution in [1.29, 1.82) is 0 Å². The molecule has 3 nitrogen and oxygen atoms in total. The molecule has 0 spiro atoms. The van der Waals surface area contributed by atoms with Gasteiger partial charge in [0.1, 0.15) is 11.9 Å². The average Bonchev–Trinajstić information content (AvgIpc) is 2.86. The lowest BCUT2D eigenvalue weighted by Gasteiger charge is -2.17. The molecule has 3 rings (SSSR count). The number of benzene rings is 1. The van der Waals surface area contributed by atoms with Crippen LogP contribution in [0, 0.1) is 0 Å². The molecular formula is C16H18N2O. The number of nitrogens with zero attached hydrogens (tertiary/aromatic N) is 1. The van der Waals surface area contributed by atoms with Crippen LogP contribution in [0.15, 0.2) is 48.7 Å². The van der Waals surface area contributed by atoms with Crippen molar-refractivity contribution in [2.75, 3.05) is 0 Å². The Balaban J connectivity index is 1.72. The van der Waals surface area contributed by atoms with E-state index in [0.29, 0.717) is 0 Å². The average molecular weight is 254 g/mol. The monoisotopic (exact) mass is 254 g/mol. The van der Waals surface area contributed by atoms with E-state index in [1.807, 2.05) is 42.5 Å². The summed E-state index contributed by atoms with van der Waals surface area (Å²) in [7, 11) is 0. The van der Waals surface area contributed by atoms with Gasteiger partial charge in [0.15, 0.2) is 0 Å². The standard InChI is InChI=1S/C16H18N2O/c17-14-4-3-6-16(14)19-13-9-7-12(8-10-13)15-5-1-2-11-18-15/h1-2,5,7-11,14,16H,3-4,6,17H2. The topological polar surface area (TPSA) is 48.1 Å². The highest BCUT2D eigenvalue weighted by Crippen LogP contribution is 2.25. The molecule has 0 saturated heterocycles. The van der Waals surface area contributed by atoms with Crippen LogP contribution in [0.25, 0.3) is 11.3 Å². The molecular weight excluding hydrogens is 236 g/mol. The zero-order chi connectivity index (χ0) is 13.1. The summed E-state index contributed by atoms with van der Waals surface area (Å²) in [6.07, 6.45) is 5.26. The lowest BCUT2D eigenvalue weighted by atomic mass is 10.1. The molecule has 1 fully saturated rings. The number of nitrogens with two attached hydrogens (primary N) is 1. The third-order valence-corrected chi connectivity index (χ3v) is 3.61. The lowest BCUT2D eigenvalue weighted by Crippen LogP contribution is -2.33. The Labute approximate surface area is 113 Å². The largest absolute Gasteiger partial charge is 0.489 e. The van der Waals surface area contributed by atoms with Gasteiger partial charge in [0.2, 0.25) is 0 Å². The molecule has 2 aromatic rings. The molecule has 3 heteroatoms. The van der Waals surface area contributed by atoms with Crippen LogP contribution < -0.4 is 10.5 Å². The zero-order valence-electron chi connectivity index (χ0n) is 10.8. The highest BCUT2D eigenvalue weighted by molar-refractivity contribution is 5.59. The zero-order valence-corrected chi connectivity index (χ0v) is 10.8. The first-order valence-corrected chi connectivity index (χ1v) is 6.76. The maximum atomic E-state index is 6.01. The molecule has 1 saturated carbocycles. The van der Waals surface area contributed by atoms with Crippen molar-refractivity contribution in [1.82, 2.24) is 4.98 Å². The minimum absolute atomic E-state index is 0.167. The van der Waals surface area contributed by atoms with E-state index in [4.69, 9.17) is 10.5 Å². The summed E-state index contributed by atoms with van der Waals surface area (Å²) in [5.74, 6) is 0.891. The third-order valence-electron chi connectivity index (χ3n) is 3.61. The smallest absolute Gasteiger partial charge is 0.119 e. The van der Waals surface area contributed by atoms with Crippen molar-refractivity contribution in [3.05, 3.63) is 48.7 Å². The summed E-state index contributed by atoms with van der Waals surface area (Å²) in [5.41, 5.74) is 8.09. The molecule has 0 bridgehead atoms. The van der Waals surface area contributed by atoms with Gasteiger partial charge in [-0.2, -0.15) is 0 Å². The Morgan fingerprint density at radius 3 is 2.53 bits per heavy atom. The maximum Gasteiger partial charge on any atom is 0.119 e. The van der Waals surface area contributed by atoms with Crippen LogP contribution in [0.5, 0.6) is 5.75 Å². The molecule has 2 atom stereocenters. The van der Waals surface area contributed by atoms with Crippen LogP contribution in [0.1, 0.15) is 19.3 Å². The second kappa shape index (κ2) is 5.41. The van der Waals surface area contributed by atoms with Gasteiger partial charge in [-0.3, -0.25) is 4.98 Å². The molecule has 1 aromatic heterocycles. The Kier molecular flexibility index (Phi) is 3.47. The maximum absolute atomic E-state index is 6.01. The number of rotatable bonds is 3. The first kappa shape index (κ1) is 12.2. The van der Waals surface area contributed by atoms with Gasteiger partial charge in [-0.1, -0.05) is 6.07 Å². The highest BCUT2D eigenvalue weighted by Gasteiger charge is 2.25. The molecule has 1 heterocycles. The van der Waals surface area contributed by atoms with Crippen LogP contribution in [-0.4, -0.2) is 17.1 Å². The first-order valence-electron chi connectivity index (χ1n) is 6.76. The molecule has 2 unspecified atom stereocenters. The molecule has 1 aromatic carbocycles. The van der Waals surface area contributed by atoms with Crippen molar-refractivity contribution in [2.45, 2.75) is 31.4 Å². The summed E-state index contributed by atoms with van der Waals surface area (Å²) in [6, 6.07) is 14.2. The molecule has 2 N–H and O–H groups in total. The van der Waals surface area contributed by atoms with Crippen LogP contribution >= 0.6 is 0 Å². The Hall–Kier alpha value is -1.87. The van der Waals surface area contributed by atoms with Gasteiger partial charge in [0.05, 0.1) is 5.69 Å². The number of hydrogen-bond donors (Lipinski definition) is 1. The van der Waals surface area contributed by atoms with Gasteiger partial charge < -0.3 is 10.5 Å².